The van der Waals surface area contributed by atoms with Crippen molar-refractivity contribution >= 4 is 17.5 Å². The Morgan fingerprint density at radius 1 is 1.07 bits per heavy atom. The van der Waals surface area contributed by atoms with Gasteiger partial charge in [-0.05, 0) is 43.7 Å². The molecule has 1 heterocycles. The van der Waals surface area contributed by atoms with Crippen LogP contribution < -0.4 is 15.8 Å². The molecule has 2 aromatic carbocycles. The van der Waals surface area contributed by atoms with Gasteiger partial charge in [0.1, 0.15) is 29.8 Å². The van der Waals surface area contributed by atoms with Gasteiger partial charge >= 0.3 is 0 Å². The Labute approximate surface area is 165 Å². The standard InChI is InChI=1S/C21H18F2N2O4/c1-11-3-5-18(12(2)7-11)28-10-13-4-6-19(29-13)21(27)25-17-8-14(20(24)26)15(22)9-16(17)23/h3-9H,10H2,1-2H3,(H2,24,26)(H,25,27). The fourth-order valence-electron chi connectivity index (χ4n) is 2.71. The second-order valence-electron chi connectivity index (χ2n) is 6.45. The van der Waals surface area contributed by atoms with Gasteiger partial charge in [0.05, 0.1) is 11.3 Å². The number of primary amides is 1. The first-order chi connectivity index (χ1) is 13.7. The van der Waals surface area contributed by atoms with Crippen molar-refractivity contribution in [2.75, 3.05) is 5.32 Å². The molecule has 0 aliphatic heterocycles. The van der Waals surface area contributed by atoms with E-state index < -0.39 is 34.7 Å². The number of nitrogens with two attached hydrogens (primary N) is 1. The second-order valence-corrected chi connectivity index (χ2v) is 6.45. The third-order valence-electron chi connectivity index (χ3n) is 4.16. The third-order valence-corrected chi connectivity index (χ3v) is 4.16. The molecule has 2 amide bonds. The SMILES string of the molecule is Cc1ccc(OCc2ccc(C(=O)Nc3cc(C(N)=O)c(F)cc3F)o2)c(C)c1. The minimum atomic E-state index is -1.11. The first-order valence-corrected chi connectivity index (χ1v) is 8.63. The zero-order valence-electron chi connectivity index (χ0n) is 15.7. The summed E-state index contributed by atoms with van der Waals surface area (Å²) in [5, 5.41) is 2.23. The lowest BCUT2D eigenvalue weighted by molar-refractivity contribution is 0.0983. The van der Waals surface area contributed by atoms with Crippen molar-refractivity contribution in [1.29, 1.82) is 0 Å². The van der Waals surface area contributed by atoms with Crippen LogP contribution in [0.3, 0.4) is 0 Å². The van der Waals surface area contributed by atoms with Crippen molar-refractivity contribution in [2.45, 2.75) is 20.5 Å². The summed E-state index contributed by atoms with van der Waals surface area (Å²) < 4.78 is 38.5. The van der Waals surface area contributed by atoms with Crippen LogP contribution in [-0.2, 0) is 6.61 Å². The number of aryl methyl sites for hydroxylation is 2. The van der Waals surface area contributed by atoms with Crippen LogP contribution in [0, 0.1) is 25.5 Å². The van der Waals surface area contributed by atoms with Gasteiger partial charge in [-0.3, -0.25) is 9.59 Å². The summed E-state index contributed by atoms with van der Waals surface area (Å²) in [6, 6.07) is 9.99. The summed E-state index contributed by atoms with van der Waals surface area (Å²) in [5.41, 5.74) is 6.18. The number of anilines is 1. The monoisotopic (exact) mass is 400 g/mol. The van der Waals surface area contributed by atoms with Gasteiger partial charge in [-0.2, -0.15) is 0 Å². The molecule has 0 saturated carbocycles. The highest BCUT2D eigenvalue weighted by Crippen LogP contribution is 2.22. The molecular weight excluding hydrogens is 382 g/mol. The van der Waals surface area contributed by atoms with Gasteiger partial charge in [0, 0.05) is 6.07 Å². The average molecular weight is 400 g/mol. The molecule has 3 aromatic rings. The van der Waals surface area contributed by atoms with E-state index in [9.17, 15) is 18.4 Å². The molecular formula is C21H18F2N2O4. The average Bonchev–Trinajstić information content (AvgIpc) is 3.12. The molecule has 29 heavy (non-hydrogen) atoms. The van der Waals surface area contributed by atoms with Crippen LogP contribution in [0.1, 0.15) is 37.8 Å². The van der Waals surface area contributed by atoms with Gasteiger partial charge in [-0.1, -0.05) is 17.7 Å². The Morgan fingerprint density at radius 2 is 1.83 bits per heavy atom. The van der Waals surface area contributed by atoms with Crippen molar-refractivity contribution < 1.29 is 27.5 Å². The molecule has 0 unspecified atom stereocenters. The maximum Gasteiger partial charge on any atom is 0.291 e. The number of halogens is 2. The second kappa shape index (κ2) is 8.14. The zero-order valence-corrected chi connectivity index (χ0v) is 15.7. The topological polar surface area (TPSA) is 94.6 Å². The van der Waals surface area contributed by atoms with Crippen LogP contribution >= 0.6 is 0 Å². The van der Waals surface area contributed by atoms with Gasteiger partial charge < -0.3 is 20.2 Å². The number of ether oxygens (including phenoxy) is 1. The Morgan fingerprint density at radius 3 is 2.52 bits per heavy atom. The Bertz CT molecular complexity index is 1090. The number of rotatable bonds is 6. The van der Waals surface area contributed by atoms with E-state index in [0.717, 1.165) is 17.2 Å². The van der Waals surface area contributed by atoms with Crippen LogP contribution in [0.2, 0.25) is 0 Å². The molecule has 150 valence electrons. The van der Waals surface area contributed by atoms with E-state index in [1.807, 2.05) is 32.0 Å². The molecule has 0 atom stereocenters. The van der Waals surface area contributed by atoms with Crippen LogP contribution in [0.4, 0.5) is 14.5 Å². The Kier molecular flexibility index (Phi) is 5.63. The van der Waals surface area contributed by atoms with Gasteiger partial charge in [0.25, 0.3) is 11.8 Å². The lowest BCUT2D eigenvalue weighted by atomic mass is 10.1. The van der Waals surface area contributed by atoms with Crippen LogP contribution in [-0.4, -0.2) is 11.8 Å². The summed E-state index contributed by atoms with van der Waals surface area (Å²) >= 11 is 0. The summed E-state index contributed by atoms with van der Waals surface area (Å²) in [4.78, 5) is 23.5. The maximum atomic E-state index is 13.9. The first kappa shape index (κ1) is 20.1. The summed E-state index contributed by atoms with van der Waals surface area (Å²) in [6.07, 6.45) is 0. The van der Waals surface area contributed by atoms with Gasteiger partial charge in [-0.15, -0.1) is 0 Å². The summed E-state index contributed by atoms with van der Waals surface area (Å²) in [5.74, 6) is -3.06. The fourth-order valence-corrected chi connectivity index (χ4v) is 2.71. The number of carbonyl (C=O) groups is 2. The van der Waals surface area contributed by atoms with Crippen molar-refractivity contribution in [3.63, 3.8) is 0 Å². The van der Waals surface area contributed by atoms with Gasteiger partial charge in [-0.25, -0.2) is 8.78 Å². The molecule has 0 saturated heterocycles. The van der Waals surface area contributed by atoms with Gasteiger partial charge in [0.15, 0.2) is 5.76 Å². The van der Waals surface area contributed by atoms with E-state index in [-0.39, 0.29) is 12.4 Å². The molecule has 1 aromatic heterocycles. The molecule has 0 radical (unpaired) electrons. The lowest BCUT2D eigenvalue weighted by Crippen LogP contribution is -2.17. The Balaban J connectivity index is 1.69. The van der Waals surface area contributed by atoms with E-state index in [4.69, 9.17) is 14.9 Å². The first-order valence-electron chi connectivity index (χ1n) is 8.63. The molecule has 0 bridgehead atoms. The molecule has 3 rings (SSSR count). The number of amides is 2. The highest BCUT2D eigenvalue weighted by Gasteiger charge is 2.18. The van der Waals surface area contributed by atoms with Crippen molar-refractivity contribution in [1.82, 2.24) is 0 Å². The molecule has 0 aliphatic carbocycles. The number of nitrogens with one attached hydrogen (secondary N) is 1. The third kappa shape index (κ3) is 4.60. The maximum absolute atomic E-state index is 13.9. The largest absolute Gasteiger partial charge is 0.485 e. The van der Waals surface area contributed by atoms with E-state index in [1.54, 1.807) is 6.07 Å². The minimum Gasteiger partial charge on any atom is -0.485 e. The van der Waals surface area contributed by atoms with Crippen molar-refractivity contribution in [2.24, 2.45) is 5.73 Å². The highest BCUT2D eigenvalue weighted by molar-refractivity contribution is 6.03. The molecule has 0 spiro atoms. The minimum absolute atomic E-state index is 0.0912. The van der Waals surface area contributed by atoms with E-state index in [0.29, 0.717) is 17.6 Å². The fraction of sp³-hybridized carbons (Fsp3) is 0.143. The van der Waals surface area contributed by atoms with Crippen molar-refractivity contribution in [3.8, 4) is 5.75 Å². The number of hydrogen-bond acceptors (Lipinski definition) is 4. The lowest BCUT2D eigenvalue weighted by Gasteiger charge is -2.08. The van der Waals surface area contributed by atoms with E-state index in [1.165, 1.54) is 6.07 Å². The number of benzene rings is 2. The number of hydrogen-bond donors (Lipinski definition) is 2. The van der Waals surface area contributed by atoms with Crippen LogP contribution in [0.5, 0.6) is 5.75 Å². The van der Waals surface area contributed by atoms with E-state index in [2.05, 4.69) is 5.32 Å². The van der Waals surface area contributed by atoms with Gasteiger partial charge in [0.2, 0.25) is 0 Å². The Hall–Kier alpha value is -3.68. The van der Waals surface area contributed by atoms with Crippen LogP contribution in [0.25, 0.3) is 0 Å². The smallest absolute Gasteiger partial charge is 0.291 e. The van der Waals surface area contributed by atoms with Crippen LogP contribution in [0.15, 0.2) is 46.9 Å². The normalized spacial score (nSPS) is 10.6. The summed E-state index contributed by atoms with van der Waals surface area (Å²) in [7, 11) is 0. The van der Waals surface area contributed by atoms with E-state index >= 15 is 0 Å². The molecule has 0 aliphatic rings. The van der Waals surface area contributed by atoms with Crippen molar-refractivity contribution in [3.05, 3.63) is 82.3 Å². The molecule has 0 fully saturated rings. The number of furan rings is 1. The predicted octanol–water partition coefficient (Wildman–Crippen LogP) is 4.10. The summed E-state index contributed by atoms with van der Waals surface area (Å²) in [6.45, 7) is 3.99. The quantitative estimate of drug-likeness (QED) is 0.651. The number of carbonyl (C=O) groups excluding carboxylic acids is 2. The molecule has 6 nitrogen and oxygen atoms in total. The zero-order chi connectivity index (χ0) is 21.1. The predicted molar refractivity (Wildman–Crippen MR) is 102 cm³/mol. The molecule has 8 heteroatoms. The molecule has 3 N–H and O–H groups in total. The highest BCUT2D eigenvalue weighted by atomic mass is 19.1.